The van der Waals surface area contributed by atoms with Crippen molar-refractivity contribution in [2.45, 2.75) is 19.4 Å². The van der Waals surface area contributed by atoms with Crippen LogP contribution in [0.2, 0.25) is 0 Å². The second kappa shape index (κ2) is 9.85. The van der Waals surface area contributed by atoms with E-state index in [0.717, 1.165) is 28.9 Å². The Bertz CT molecular complexity index is 1040. The van der Waals surface area contributed by atoms with Crippen LogP contribution >= 0.6 is 12.4 Å². The highest BCUT2D eigenvalue weighted by Crippen LogP contribution is 2.31. The van der Waals surface area contributed by atoms with Crippen LogP contribution in [0.3, 0.4) is 0 Å². The van der Waals surface area contributed by atoms with Crippen LogP contribution in [-0.2, 0) is 17.8 Å². The topological polar surface area (TPSA) is 34.9 Å². The maximum Gasteiger partial charge on any atom is 0.152 e. The summed E-state index contributed by atoms with van der Waals surface area (Å²) in [6, 6.07) is 30.4. The maximum atomic E-state index is 12.7. The van der Waals surface area contributed by atoms with E-state index in [2.05, 4.69) is 41.4 Å². The Hall–Kier alpha value is -3.17. The lowest BCUT2D eigenvalue weighted by Crippen LogP contribution is -2.11. The molecule has 4 rings (SSSR count). The number of Topliss-reactive ketones (excluding diaryl/α,β-unsaturated/α-hetero) is 1. The van der Waals surface area contributed by atoms with Gasteiger partial charge in [0.25, 0.3) is 0 Å². The Morgan fingerprint density at radius 1 is 0.759 bits per heavy atom. The lowest BCUT2D eigenvalue weighted by Gasteiger charge is -2.10. The number of benzene rings is 3. The van der Waals surface area contributed by atoms with Crippen LogP contribution in [0.4, 0.5) is 0 Å². The molecule has 0 saturated heterocycles. The van der Waals surface area contributed by atoms with E-state index in [4.69, 9.17) is 0 Å². The molecule has 0 atom stereocenters. The molecule has 0 fully saturated rings. The monoisotopic (exact) mass is 402 g/mol. The number of hydrogen-bond donors (Lipinski definition) is 0. The molecule has 0 bridgehead atoms. The molecule has 1 heterocycles. The van der Waals surface area contributed by atoms with Crippen LogP contribution in [0, 0.1) is 0 Å². The minimum absolute atomic E-state index is 0. The number of halogens is 1. The smallest absolute Gasteiger partial charge is 0.152 e. The van der Waals surface area contributed by atoms with Gasteiger partial charge in [0.2, 0.25) is 0 Å². The minimum Gasteiger partial charge on any atom is -0.323 e. The molecule has 4 heteroatoms. The molecule has 0 saturated carbocycles. The van der Waals surface area contributed by atoms with Gasteiger partial charge in [-0.15, -0.1) is 12.4 Å². The predicted octanol–water partition coefficient (Wildman–Crippen LogP) is 5.84. The number of carbonyl (C=O) groups excluding carboxylic acids is 1. The minimum atomic E-state index is 0. The molecule has 3 nitrogen and oxygen atoms in total. The molecule has 0 aliphatic rings. The van der Waals surface area contributed by atoms with Crippen molar-refractivity contribution in [1.29, 1.82) is 0 Å². The third-order valence-electron chi connectivity index (χ3n) is 4.81. The van der Waals surface area contributed by atoms with Gasteiger partial charge in [0, 0.05) is 17.5 Å². The Balaban J connectivity index is 0.00000240. The highest BCUT2D eigenvalue weighted by Gasteiger charge is 2.16. The SMILES string of the molecule is Cl.O=C(CCc1ccccc1)Cn1cnc(-c2ccccc2)c1-c1ccccc1. The van der Waals surface area contributed by atoms with Gasteiger partial charge in [-0.2, -0.15) is 0 Å². The van der Waals surface area contributed by atoms with Crippen LogP contribution in [0.15, 0.2) is 97.3 Å². The normalized spacial score (nSPS) is 10.3. The molecule has 4 aromatic rings. The van der Waals surface area contributed by atoms with Crippen LogP contribution in [0.25, 0.3) is 22.5 Å². The zero-order chi connectivity index (χ0) is 19.2. The second-order valence-corrected chi connectivity index (χ2v) is 6.83. The Morgan fingerprint density at radius 3 is 1.93 bits per heavy atom. The maximum absolute atomic E-state index is 12.7. The fourth-order valence-corrected chi connectivity index (χ4v) is 3.41. The summed E-state index contributed by atoms with van der Waals surface area (Å²) < 4.78 is 1.98. The average molecular weight is 403 g/mol. The molecule has 0 radical (unpaired) electrons. The summed E-state index contributed by atoms with van der Waals surface area (Å²) in [5.41, 5.74) is 5.20. The van der Waals surface area contributed by atoms with Crippen molar-refractivity contribution in [2.24, 2.45) is 0 Å². The van der Waals surface area contributed by atoms with E-state index in [0.29, 0.717) is 13.0 Å². The Morgan fingerprint density at radius 2 is 1.31 bits per heavy atom. The summed E-state index contributed by atoms with van der Waals surface area (Å²) in [6.07, 6.45) is 3.07. The van der Waals surface area contributed by atoms with Crippen molar-refractivity contribution < 1.29 is 4.79 Å². The van der Waals surface area contributed by atoms with Gasteiger partial charge in [0.05, 0.1) is 24.3 Å². The highest BCUT2D eigenvalue weighted by atomic mass is 35.5. The van der Waals surface area contributed by atoms with Gasteiger partial charge in [-0.1, -0.05) is 91.0 Å². The number of imidazole rings is 1. The van der Waals surface area contributed by atoms with E-state index in [-0.39, 0.29) is 18.2 Å². The Kier molecular flexibility index (Phi) is 6.99. The van der Waals surface area contributed by atoms with E-state index in [1.165, 1.54) is 5.56 Å². The third kappa shape index (κ3) is 5.01. The molecule has 29 heavy (non-hydrogen) atoms. The number of nitrogens with zero attached hydrogens (tertiary/aromatic N) is 2. The summed E-state index contributed by atoms with van der Waals surface area (Å²) in [7, 11) is 0. The fraction of sp³-hybridized carbons (Fsp3) is 0.120. The van der Waals surface area contributed by atoms with Crippen LogP contribution in [0.5, 0.6) is 0 Å². The largest absolute Gasteiger partial charge is 0.323 e. The molecule has 0 amide bonds. The van der Waals surface area contributed by atoms with Crippen molar-refractivity contribution >= 4 is 18.2 Å². The molecule has 0 aliphatic heterocycles. The zero-order valence-electron chi connectivity index (χ0n) is 16.1. The quantitative estimate of drug-likeness (QED) is 0.389. The summed E-state index contributed by atoms with van der Waals surface area (Å²) in [6.45, 7) is 0.330. The first-order chi connectivity index (χ1) is 13.8. The van der Waals surface area contributed by atoms with Crippen molar-refractivity contribution in [3.63, 3.8) is 0 Å². The fourth-order valence-electron chi connectivity index (χ4n) is 3.41. The van der Waals surface area contributed by atoms with E-state index in [1.807, 2.05) is 59.2 Å². The van der Waals surface area contributed by atoms with Gasteiger partial charge in [-0.25, -0.2) is 4.98 Å². The summed E-state index contributed by atoms with van der Waals surface area (Å²) in [5.74, 6) is 0.207. The first-order valence-corrected chi connectivity index (χ1v) is 9.53. The number of rotatable bonds is 7. The van der Waals surface area contributed by atoms with Crippen molar-refractivity contribution in [3.05, 3.63) is 103 Å². The van der Waals surface area contributed by atoms with Crippen LogP contribution < -0.4 is 0 Å². The summed E-state index contributed by atoms with van der Waals surface area (Å²) >= 11 is 0. The molecule has 3 aromatic carbocycles. The van der Waals surface area contributed by atoms with E-state index < -0.39 is 0 Å². The number of carbonyl (C=O) groups is 1. The molecule has 0 unspecified atom stereocenters. The van der Waals surface area contributed by atoms with Crippen molar-refractivity contribution in [1.82, 2.24) is 9.55 Å². The van der Waals surface area contributed by atoms with Crippen LogP contribution in [0.1, 0.15) is 12.0 Å². The van der Waals surface area contributed by atoms with Gasteiger partial charge < -0.3 is 4.57 Å². The van der Waals surface area contributed by atoms with Crippen LogP contribution in [-0.4, -0.2) is 15.3 Å². The molecule has 146 valence electrons. The summed E-state index contributed by atoms with van der Waals surface area (Å²) in [4.78, 5) is 17.3. The van der Waals surface area contributed by atoms with Gasteiger partial charge >= 0.3 is 0 Å². The zero-order valence-corrected chi connectivity index (χ0v) is 16.9. The predicted molar refractivity (Wildman–Crippen MR) is 120 cm³/mol. The van der Waals surface area contributed by atoms with E-state index in [9.17, 15) is 4.79 Å². The number of aryl methyl sites for hydroxylation is 1. The lowest BCUT2D eigenvalue weighted by molar-refractivity contribution is -0.119. The first-order valence-electron chi connectivity index (χ1n) is 9.53. The lowest BCUT2D eigenvalue weighted by atomic mass is 10.0. The van der Waals surface area contributed by atoms with Gasteiger partial charge in [0.15, 0.2) is 5.78 Å². The molecular weight excluding hydrogens is 380 g/mol. The second-order valence-electron chi connectivity index (χ2n) is 6.83. The molecule has 0 aliphatic carbocycles. The first kappa shape index (κ1) is 20.6. The number of ketones is 1. The Labute approximate surface area is 177 Å². The van der Waals surface area contributed by atoms with E-state index in [1.54, 1.807) is 6.33 Å². The third-order valence-corrected chi connectivity index (χ3v) is 4.81. The van der Waals surface area contributed by atoms with Crippen molar-refractivity contribution in [2.75, 3.05) is 0 Å². The van der Waals surface area contributed by atoms with Crippen molar-refractivity contribution in [3.8, 4) is 22.5 Å². The standard InChI is InChI=1S/C25H22N2O.ClH/c28-23(17-16-20-10-4-1-5-11-20)18-27-19-26-24(21-12-6-2-7-13-21)25(27)22-14-8-3-9-15-22;/h1-15,19H,16-18H2;1H. The van der Waals surface area contributed by atoms with Gasteiger partial charge in [-0.05, 0) is 12.0 Å². The molecule has 1 aromatic heterocycles. The van der Waals surface area contributed by atoms with E-state index >= 15 is 0 Å². The van der Waals surface area contributed by atoms with Gasteiger partial charge in [-0.3, -0.25) is 4.79 Å². The molecule has 0 N–H and O–H groups in total. The summed E-state index contributed by atoms with van der Waals surface area (Å²) in [5, 5.41) is 0. The number of aromatic nitrogens is 2. The molecular formula is C25H23ClN2O. The average Bonchev–Trinajstić information content (AvgIpc) is 3.17. The number of hydrogen-bond acceptors (Lipinski definition) is 2. The highest BCUT2D eigenvalue weighted by molar-refractivity contribution is 5.85. The van der Waals surface area contributed by atoms with Gasteiger partial charge in [0.1, 0.15) is 0 Å². The molecule has 0 spiro atoms.